The van der Waals surface area contributed by atoms with E-state index in [2.05, 4.69) is 53.8 Å². The average Bonchev–Trinajstić information content (AvgIpc) is 2.89. The predicted octanol–water partition coefficient (Wildman–Crippen LogP) is 5.71. The fourth-order valence-corrected chi connectivity index (χ4v) is 2.99. The highest BCUT2D eigenvalue weighted by Crippen LogP contribution is 2.25. The van der Waals surface area contributed by atoms with Crippen LogP contribution >= 0.6 is 23.2 Å². The summed E-state index contributed by atoms with van der Waals surface area (Å²) >= 11 is 12.1. The third-order valence-electron chi connectivity index (χ3n) is 3.77. The lowest BCUT2D eigenvalue weighted by atomic mass is 10.1. The summed E-state index contributed by atoms with van der Waals surface area (Å²) in [4.78, 5) is 4.51. The van der Waals surface area contributed by atoms with Crippen LogP contribution in [0.3, 0.4) is 0 Å². The quantitative estimate of drug-likeness (QED) is 0.657. The number of anilines is 1. The predicted molar refractivity (Wildman–Crippen MR) is 98.5 cm³/mol. The van der Waals surface area contributed by atoms with Gasteiger partial charge in [-0.3, -0.25) is 0 Å². The van der Waals surface area contributed by atoms with Crippen molar-refractivity contribution in [3.8, 4) is 0 Å². The van der Waals surface area contributed by atoms with E-state index in [4.69, 9.17) is 23.2 Å². The van der Waals surface area contributed by atoms with Gasteiger partial charge in [0, 0.05) is 27.8 Å². The van der Waals surface area contributed by atoms with E-state index in [1.54, 1.807) is 6.07 Å². The number of fused-ring (bicyclic) bond motifs is 1. The number of benzene rings is 2. The van der Waals surface area contributed by atoms with Gasteiger partial charge in [-0.2, -0.15) is 0 Å². The largest absolute Gasteiger partial charge is 0.381 e. The Morgan fingerprint density at radius 3 is 2.57 bits per heavy atom. The lowest BCUT2D eigenvalue weighted by Gasteiger charge is -2.21. The Bertz CT molecular complexity index is 847. The highest BCUT2D eigenvalue weighted by Gasteiger charge is 2.15. The Morgan fingerprint density at radius 1 is 1.09 bits per heavy atom. The van der Waals surface area contributed by atoms with Crippen LogP contribution in [0.15, 0.2) is 42.7 Å². The third-order valence-corrected chi connectivity index (χ3v) is 4.35. The van der Waals surface area contributed by atoms with Gasteiger partial charge < -0.3 is 9.88 Å². The minimum absolute atomic E-state index is 0.0144. The zero-order valence-electron chi connectivity index (χ0n) is 13.4. The highest BCUT2D eigenvalue weighted by molar-refractivity contribution is 6.35. The van der Waals surface area contributed by atoms with Gasteiger partial charge in [-0.1, -0.05) is 29.3 Å². The van der Waals surface area contributed by atoms with Crippen molar-refractivity contribution >= 4 is 39.9 Å². The van der Waals surface area contributed by atoms with Crippen LogP contribution in [0.4, 0.5) is 5.69 Å². The van der Waals surface area contributed by atoms with Crippen molar-refractivity contribution < 1.29 is 0 Å². The molecule has 0 atom stereocenters. The fourth-order valence-electron chi connectivity index (χ4n) is 2.52. The number of aromatic nitrogens is 2. The van der Waals surface area contributed by atoms with E-state index in [0.29, 0.717) is 16.6 Å². The molecule has 0 bridgehead atoms. The second kappa shape index (κ2) is 6.06. The number of nitrogens with zero attached hydrogens (tertiary/aromatic N) is 2. The molecule has 3 aromatic rings. The van der Waals surface area contributed by atoms with E-state index in [9.17, 15) is 0 Å². The van der Waals surface area contributed by atoms with Gasteiger partial charge in [0.05, 0.1) is 17.4 Å². The molecule has 0 saturated carbocycles. The van der Waals surface area contributed by atoms with E-state index >= 15 is 0 Å². The maximum atomic E-state index is 6.20. The van der Waals surface area contributed by atoms with E-state index < -0.39 is 0 Å². The number of halogens is 2. The van der Waals surface area contributed by atoms with Gasteiger partial charge in [0.1, 0.15) is 0 Å². The summed E-state index contributed by atoms with van der Waals surface area (Å²) in [6.45, 7) is 7.15. The SMILES string of the molecule is CC(C)(C)n1cnc2cc(NCc3ccc(Cl)cc3Cl)ccc21. The Morgan fingerprint density at radius 2 is 1.87 bits per heavy atom. The molecule has 1 aromatic heterocycles. The van der Waals surface area contributed by atoms with Crippen molar-refractivity contribution in [1.29, 1.82) is 0 Å². The Labute approximate surface area is 146 Å². The lowest BCUT2D eigenvalue weighted by molar-refractivity contribution is 0.408. The van der Waals surface area contributed by atoms with E-state index in [1.807, 2.05) is 18.5 Å². The van der Waals surface area contributed by atoms with E-state index in [1.165, 1.54) is 0 Å². The molecule has 0 amide bonds. The van der Waals surface area contributed by atoms with Crippen molar-refractivity contribution in [3.63, 3.8) is 0 Å². The molecule has 0 aliphatic heterocycles. The summed E-state index contributed by atoms with van der Waals surface area (Å²) in [7, 11) is 0. The van der Waals surface area contributed by atoms with Gasteiger partial charge in [-0.05, 0) is 56.7 Å². The van der Waals surface area contributed by atoms with Crippen LogP contribution in [-0.4, -0.2) is 9.55 Å². The lowest BCUT2D eigenvalue weighted by Crippen LogP contribution is -2.20. The maximum Gasteiger partial charge on any atom is 0.0963 e. The number of imidazole rings is 1. The smallest absolute Gasteiger partial charge is 0.0963 e. The molecule has 3 nitrogen and oxygen atoms in total. The zero-order valence-corrected chi connectivity index (χ0v) is 14.9. The van der Waals surface area contributed by atoms with Crippen molar-refractivity contribution in [2.45, 2.75) is 32.9 Å². The molecule has 0 radical (unpaired) electrons. The minimum Gasteiger partial charge on any atom is -0.381 e. The van der Waals surface area contributed by atoms with Crippen LogP contribution in [0, 0.1) is 0 Å². The summed E-state index contributed by atoms with van der Waals surface area (Å²) in [6.07, 6.45) is 1.89. The highest BCUT2D eigenvalue weighted by atomic mass is 35.5. The number of hydrogen-bond acceptors (Lipinski definition) is 2. The molecule has 5 heteroatoms. The molecular formula is C18H19Cl2N3. The van der Waals surface area contributed by atoms with Gasteiger partial charge in [0.15, 0.2) is 0 Å². The van der Waals surface area contributed by atoms with Gasteiger partial charge in [0.2, 0.25) is 0 Å². The van der Waals surface area contributed by atoms with Gasteiger partial charge in [0.25, 0.3) is 0 Å². The molecule has 1 heterocycles. The molecule has 120 valence electrons. The van der Waals surface area contributed by atoms with Gasteiger partial charge in [-0.25, -0.2) is 4.98 Å². The van der Waals surface area contributed by atoms with Crippen LogP contribution in [0.5, 0.6) is 0 Å². The molecule has 1 N–H and O–H groups in total. The average molecular weight is 348 g/mol. The van der Waals surface area contributed by atoms with Crippen LogP contribution in [0.1, 0.15) is 26.3 Å². The summed E-state index contributed by atoms with van der Waals surface area (Å²) in [5, 5.41) is 4.70. The van der Waals surface area contributed by atoms with Crippen molar-refractivity contribution in [1.82, 2.24) is 9.55 Å². The molecule has 0 spiro atoms. The van der Waals surface area contributed by atoms with Gasteiger partial charge >= 0.3 is 0 Å². The molecule has 0 aliphatic rings. The molecule has 0 saturated heterocycles. The van der Waals surface area contributed by atoms with Crippen LogP contribution in [0.25, 0.3) is 11.0 Å². The van der Waals surface area contributed by atoms with Crippen molar-refractivity contribution in [2.24, 2.45) is 0 Å². The monoisotopic (exact) mass is 347 g/mol. The summed E-state index contributed by atoms with van der Waals surface area (Å²) in [5.41, 5.74) is 4.15. The topological polar surface area (TPSA) is 29.9 Å². The van der Waals surface area contributed by atoms with Crippen molar-refractivity contribution in [2.75, 3.05) is 5.32 Å². The third kappa shape index (κ3) is 3.46. The first-order valence-electron chi connectivity index (χ1n) is 7.50. The Hall–Kier alpha value is -1.71. The Balaban J connectivity index is 1.81. The Kier molecular flexibility index (Phi) is 4.26. The van der Waals surface area contributed by atoms with E-state index in [-0.39, 0.29) is 5.54 Å². The summed E-state index contributed by atoms with van der Waals surface area (Å²) in [6, 6.07) is 11.8. The number of rotatable bonds is 3. The number of hydrogen-bond donors (Lipinski definition) is 1. The normalized spacial score (nSPS) is 11.9. The second-order valence-corrected chi connectivity index (χ2v) is 7.42. The summed E-state index contributed by atoms with van der Waals surface area (Å²) in [5.74, 6) is 0. The fraction of sp³-hybridized carbons (Fsp3) is 0.278. The van der Waals surface area contributed by atoms with Crippen molar-refractivity contribution in [3.05, 3.63) is 58.3 Å². The first-order valence-corrected chi connectivity index (χ1v) is 8.25. The second-order valence-electron chi connectivity index (χ2n) is 6.58. The standard InChI is InChI=1S/C18H19Cl2N3/c1-18(2,3)23-11-22-16-9-14(6-7-17(16)23)21-10-12-4-5-13(19)8-15(12)20/h4-9,11,21H,10H2,1-3H3. The maximum absolute atomic E-state index is 6.20. The molecule has 2 aromatic carbocycles. The first kappa shape index (κ1) is 16.2. The first-order chi connectivity index (χ1) is 10.8. The van der Waals surface area contributed by atoms with E-state index in [0.717, 1.165) is 22.3 Å². The van der Waals surface area contributed by atoms with Crippen LogP contribution in [-0.2, 0) is 12.1 Å². The summed E-state index contributed by atoms with van der Waals surface area (Å²) < 4.78 is 2.18. The minimum atomic E-state index is 0.0144. The number of nitrogens with one attached hydrogen (secondary N) is 1. The molecule has 23 heavy (non-hydrogen) atoms. The van der Waals surface area contributed by atoms with Gasteiger partial charge in [-0.15, -0.1) is 0 Å². The van der Waals surface area contributed by atoms with Crippen LogP contribution < -0.4 is 5.32 Å². The molecule has 0 fully saturated rings. The molecular weight excluding hydrogens is 329 g/mol. The zero-order chi connectivity index (χ0) is 16.6. The molecule has 0 unspecified atom stereocenters. The van der Waals surface area contributed by atoms with Crippen LogP contribution in [0.2, 0.25) is 10.0 Å². The molecule has 0 aliphatic carbocycles. The molecule has 3 rings (SSSR count).